The van der Waals surface area contributed by atoms with Gasteiger partial charge in [0, 0.05) is 26.7 Å². The molecule has 1 rings (SSSR count). The van der Waals surface area contributed by atoms with Crippen molar-refractivity contribution in [3.05, 3.63) is 0 Å². The van der Waals surface area contributed by atoms with Crippen LogP contribution >= 0.6 is 0 Å². The second-order valence-electron chi connectivity index (χ2n) is 3.89. The van der Waals surface area contributed by atoms with Gasteiger partial charge in [0.05, 0.1) is 19.3 Å². The molecular formula is C9H19N3O2. The molecule has 0 aromatic heterocycles. The Kier molecular flexibility index (Phi) is 3.71. The lowest BCUT2D eigenvalue weighted by atomic mass is 10.1. The summed E-state index contributed by atoms with van der Waals surface area (Å²) in [5.41, 5.74) is 5.73. The predicted octanol–water partition coefficient (Wildman–Crippen LogP) is -0.284. The predicted molar refractivity (Wildman–Crippen MR) is 54.0 cm³/mol. The maximum Gasteiger partial charge on any atom is 0.319 e. The van der Waals surface area contributed by atoms with E-state index >= 15 is 0 Å². The van der Waals surface area contributed by atoms with Gasteiger partial charge in [0.2, 0.25) is 0 Å². The molecule has 0 aromatic carbocycles. The number of urea groups is 1. The molecule has 1 heterocycles. The number of carbonyl (C=O) groups is 1. The Morgan fingerprint density at radius 2 is 2.29 bits per heavy atom. The van der Waals surface area contributed by atoms with Crippen LogP contribution < -0.4 is 5.73 Å². The zero-order valence-electron chi connectivity index (χ0n) is 9.06. The van der Waals surface area contributed by atoms with E-state index in [1.807, 2.05) is 6.92 Å². The van der Waals surface area contributed by atoms with Crippen molar-refractivity contribution in [2.45, 2.75) is 19.1 Å². The van der Waals surface area contributed by atoms with Crippen molar-refractivity contribution < 1.29 is 9.53 Å². The summed E-state index contributed by atoms with van der Waals surface area (Å²) in [6.07, 6.45) is -0.0346. The molecule has 0 radical (unpaired) electrons. The van der Waals surface area contributed by atoms with E-state index in [-0.39, 0.29) is 18.2 Å². The first kappa shape index (κ1) is 11.3. The molecule has 1 fully saturated rings. The fourth-order valence-corrected chi connectivity index (χ4v) is 1.45. The Morgan fingerprint density at radius 1 is 1.64 bits per heavy atom. The molecule has 2 unspecified atom stereocenters. The van der Waals surface area contributed by atoms with E-state index in [0.717, 1.165) is 0 Å². The van der Waals surface area contributed by atoms with Gasteiger partial charge in [-0.1, -0.05) is 0 Å². The Labute approximate surface area is 84.8 Å². The van der Waals surface area contributed by atoms with Crippen molar-refractivity contribution in [2.75, 3.05) is 33.8 Å². The molecule has 5 heteroatoms. The Morgan fingerprint density at radius 3 is 2.79 bits per heavy atom. The third-order valence-corrected chi connectivity index (χ3v) is 2.33. The summed E-state index contributed by atoms with van der Waals surface area (Å²) in [5.74, 6) is 0. The maximum atomic E-state index is 11.6. The number of morpholine rings is 1. The molecule has 82 valence electrons. The first-order valence-electron chi connectivity index (χ1n) is 4.85. The summed E-state index contributed by atoms with van der Waals surface area (Å²) >= 11 is 0. The second kappa shape index (κ2) is 4.61. The van der Waals surface area contributed by atoms with Crippen LogP contribution in [0.5, 0.6) is 0 Å². The zero-order chi connectivity index (χ0) is 10.7. The highest BCUT2D eigenvalue weighted by atomic mass is 16.5. The van der Waals surface area contributed by atoms with Crippen LogP contribution in [0.1, 0.15) is 6.92 Å². The SMILES string of the molecule is CC(N)C1CN(C(=O)N(C)C)CCO1. The van der Waals surface area contributed by atoms with E-state index in [2.05, 4.69) is 0 Å². The van der Waals surface area contributed by atoms with Crippen LogP contribution in [-0.4, -0.2) is 61.8 Å². The van der Waals surface area contributed by atoms with Crippen molar-refractivity contribution in [2.24, 2.45) is 5.73 Å². The average molecular weight is 201 g/mol. The Hall–Kier alpha value is -0.810. The highest BCUT2D eigenvalue weighted by molar-refractivity contribution is 5.73. The van der Waals surface area contributed by atoms with Gasteiger partial charge in [-0.25, -0.2) is 4.79 Å². The van der Waals surface area contributed by atoms with Gasteiger partial charge in [-0.15, -0.1) is 0 Å². The number of amides is 2. The molecule has 0 aromatic rings. The molecule has 2 amide bonds. The summed E-state index contributed by atoms with van der Waals surface area (Å²) in [4.78, 5) is 15.0. The number of hydrogen-bond donors (Lipinski definition) is 1. The lowest BCUT2D eigenvalue weighted by Gasteiger charge is -2.35. The lowest BCUT2D eigenvalue weighted by molar-refractivity contribution is -0.0268. The first-order chi connectivity index (χ1) is 6.52. The van der Waals surface area contributed by atoms with Gasteiger partial charge in [-0.2, -0.15) is 0 Å². The summed E-state index contributed by atoms with van der Waals surface area (Å²) in [5, 5.41) is 0. The number of hydrogen-bond acceptors (Lipinski definition) is 3. The molecule has 0 saturated carbocycles. The Balaban J connectivity index is 2.51. The van der Waals surface area contributed by atoms with E-state index < -0.39 is 0 Å². The van der Waals surface area contributed by atoms with E-state index in [1.165, 1.54) is 0 Å². The van der Waals surface area contributed by atoms with Crippen LogP contribution in [0.4, 0.5) is 4.79 Å². The summed E-state index contributed by atoms with van der Waals surface area (Å²) < 4.78 is 5.46. The monoisotopic (exact) mass is 201 g/mol. The van der Waals surface area contributed by atoms with Crippen LogP contribution in [0, 0.1) is 0 Å². The standard InChI is InChI=1S/C9H19N3O2/c1-7(10)8-6-12(4-5-14-8)9(13)11(2)3/h7-8H,4-6,10H2,1-3H3. The highest BCUT2D eigenvalue weighted by Crippen LogP contribution is 2.09. The van der Waals surface area contributed by atoms with Crippen molar-refractivity contribution in [3.63, 3.8) is 0 Å². The minimum absolute atomic E-state index is 0.0268. The molecule has 14 heavy (non-hydrogen) atoms. The van der Waals surface area contributed by atoms with Gasteiger partial charge in [0.25, 0.3) is 0 Å². The van der Waals surface area contributed by atoms with Gasteiger partial charge in [0.1, 0.15) is 0 Å². The molecule has 0 spiro atoms. The molecular weight excluding hydrogens is 182 g/mol. The summed E-state index contributed by atoms with van der Waals surface area (Å²) in [7, 11) is 3.50. The van der Waals surface area contributed by atoms with Crippen molar-refractivity contribution >= 4 is 6.03 Å². The van der Waals surface area contributed by atoms with Crippen LogP contribution in [0.15, 0.2) is 0 Å². The molecule has 0 aliphatic carbocycles. The topological polar surface area (TPSA) is 58.8 Å². The molecule has 1 saturated heterocycles. The number of carbonyl (C=O) groups excluding carboxylic acids is 1. The highest BCUT2D eigenvalue weighted by Gasteiger charge is 2.27. The van der Waals surface area contributed by atoms with E-state index in [9.17, 15) is 4.79 Å². The fourth-order valence-electron chi connectivity index (χ4n) is 1.45. The smallest absolute Gasteiger partial charge is 0.319 e. The van der Waals surface area contributed by atoms with Crippen LogP contribution in [-0.2, 0) is 4.74 Å². The van der Waals surface area contributed by atoms with Gasteiger partial charge < -0.3 is 20.3 Å². The van der Waals surface area contributed by atoms with Crippen molar-refractivity contribution in [1.29, 1.82) is 0 Å². The molecule has 1 aliphatic heterocycles. The van der Waals surface area contributed by atoms with E-state index in [4.69, 9.17) is 10.5 Å². The zero-order valence-corrected chi connectivity index (χ0v) is 9.06. The van der Waals surface area contributed by atoms with Crippen LogP contribution in [0.2, 0.25) is 0 Å². The van der Waals surface area contributed by atoms with E-state index in [0.29, 0.717) is 19.7 Å². The molecule has 2 atom stereocenters. The molecule has 5 nitrogen and oxygen atoms in total. The van der Waals surface area contributed by atoms with Crippen molar-refractivity contribution in [1.82, 2.24) is 9.80 Å². The largest absolute Gasteiger partial charge is 0.373 e. The van der Waals surface area contributed by atoms with Gasteiger partial charge in [0.15, 0.2) is 0 Å². The van der Waals surface area contributed by atoms with Gasteiger partial charge in [-0.05, 0) is 6.92 Å². The molecule has 0 bridgehead atoms. The number of rotatable bonds is 1. The van der Waals surface area contributed by atoms with Gasteiger partial charge in [-0.3, -0.25) is 0 Å². The van der Waals surface area contributed by atoms with E-state index in [1.54, 1.807) is 23.9 Å². The quantitative estimate of drug-likeness (QED) is 0.634. The first-order valence-corrected chi connectivity index (χ1v) is 4.85. The van der Waals surface area contributed by atoms with Crippen LogP contribution in [0.3, 0.4) is 0 Å². The third-order valence-electron chi connectivity index (χ3n) is 2.33. The third kappa shape index (κ3) is 2.59. The average Bonchev–Trinajstić information content (AvgIpc) is 2.16. The molecule has 1 aliphatic rings. The normalized spacial score (nSPS) is 24.6. The minimum atomic E-state index is -0.0346. The number of nitrogens with zero attached hydrogens (tertiary/aromatic N) is 2. The van der Waals surface area contributed by atoms with Gasteiger partial charge >= 0.3 is 6.03 Å². The van der Waals surface area contributed by atoms with Crippen LogP contribution in [0.25, 0.3) is 0 Å². The van der Waals surface area contributed by atoms with Crippen molar-refractivity contribution in [3.8, 4) is 0 Å². The minimum Gasteiger partial charge on any atom is -0.373 e. The fraction of sp³-hybridized carbons (Fsp3) is 0.889. The number of nitrogens with two attached hydrogens (primary N) is 1. The summed E-state index contributed by atoms with van der Waals surface area (Å²) in [6, 6.07) is -0.00767. The number of ether oxygens (including phenoxy) is 1. The lowest BCUT2D eigenvalue weighted by Crippen LogP contribution is -2.53. The maximum absolute atomic E-state index is 11.6. The summed E-state index contributed by atoms with van der Waals surface area (Å²) in [6.45, 7) is 3.72. The molecule has 2 N–H and O–H groups in total. The second-order valence-corrected chi connectivity index (χ2v) is 3.89. The Bertz CT molecular complexity index is 206.